The van der Waals surface area contributed by atoms with Crippen molar-refractivity contribution in [1.29, 1.82) is 0 Å². The van der Waals surface area contributed by atoms with Crippen LogP contribution in [0.1, 0.15) is 19.4 Å². The predicted molar refractivity (Wildman–Crippen MR) is 75.5 cm³/mol. The summed E-state index contributed by atoms with van der Waals surface area (Å²) in [5.41, 5.74) is 1.05. The van der Waals surface area contributed by atoms with Gasteiger partial charge in [0.2, 0.25) is 0 Å². The molecule has 0 saturated heterocycles. The first-order valence-corrected chi connectivity index (χ1v) is 6.47. The Labute approximate surface area is 117 Å². The van der Waals surface area contributed by atoms with E-state index in [9.17, 15) is 0 Å². The van der Waals surface area contributed by atoms with Crippen LogP contribution in [0.15, 0.2) is 36.9 Å². The van der Waals surface area contributed by atoms with Crippen LogP contribution in [0.2, 0.25) is 5.02 Å². The van der Waals surface area contributed by atoms with E-state index in [4.69, 9.17) is 16.3 Å². The minimum atomic E-state index is 0.411. The number of nitrogens with one attached hydrogen (secondary N) is 1. The lowest BCUT2D eigenvalue weighted by Crippen LogP contribution is -2.22. The summed E-state index contributed by atoms with van der Waals surface area (Å²) in [4.78, 5) is 8.08. The van der Waals surface area contributed by atoms with E-state index in [1.54, 1.807) is 30.9 Å². The van der Waals surface area contributed by atoms with E-state index < -0.39 is 0 Å². The number of hydrogen-bond donors (Lipinski definition) is 1. The summed E-state index contributed by atoms with van der Waals surface area (Å²) in [5, 5.41) is 3.89. The number of halogens is 1. The van der Waals surface area contributed by atoms with E-state index in [0.29, 0.717) is 22.6 Å². The molecule has 0 saturated carbocycles. The molecule has 0 bridgehead atoms. The van der Waals surface area contributed by atoms with E-state index >= 15 is 0 Å². The quantitative estimate of drug-likeness (QED) is 0.910. The Morgan fingerprint density at radius 3 is 2.84 bits per heavy atom. The summed E-state index contributed by atoms with van der Waals surface area (Å²) in [6.07, 6.45) is 6.64. The van der Waals surface area contributed by atoms with Crippen LogP contribution < -0.4 is 10.1 Å². The summed E-state index contributed by atoms with van der Waals surface area (Å²) in [5.74, 6) is 1.31. The number of hydrogen-bond acceptors (Lipinski definition) is 4. The zero-order valence-electron chi connectivity index (χ0n) is 10.9. The third-order valence-corrected chi connectivity index (χ3v) is 2.69. The van der Waals surface area contributed by atoms with Gasteiger partial charge in [-0.15, -0.1) is 0 Å². The van der Waals surface area contributed by atoms with Crippen LogP contribution in [0, 0.1) is 0 Å². The molecular weight excluding hydrogens is 262 g/mol. The fraction of sp³-hybridized carbons (Fsp3) is 0.286. The summed E-state index contributed by atoms with van der Waals surface area (Å²) in [6.45, 7) is 4.93. The van der Waals surface area contributed by atoms with Crippen molar-refractivity contribution in [2.45, 2.75) is 26.4 Å². The highest BCUT2D eigenvalue weighted by Crippen LogP contribution is 2.25. The molecule has 0 amide bonds. The number of aromatic nitrogens is 2. The van der Waals surface area contributed by atoms with Crippen molar-refractivity contribution in [3.8, 4) is 11.5 Å². The number of pyridine rings is 2. The molecule has 0 aliphatic heterocycles. The van der Waals surface area contributed by atoms with Crippen molar-refractivity contribution in [3.05, 3.63) is 47.5 Å². The van der Waals surface area contributed by atoms with Crippen molar-refractivity contribution in [1.82, 2.24) is 15.3 Å². The Balaban J connectivity index is 2.15. The monoisotopic (exact) mass is 277 g/mol. The van der Waals surface area contributed by atoms with Crippen molar-refractivity contribution in [2.75, 3.05) is 0 Å². The molecule has 19 heavy (non-hydrogen) atoms. The Hall–Kier alpha value is -1.65. The minimum Gasteiger partial charge on any atom is -0.454 e. The molecule has 1 N–H and O–H groups in total. The van der Waals surface area contributed by atoms with Gasteiger partial charge in [-0.25, -0.2) is 0 Å². The summed E-state index contributed by atoms with van der Waals surface area (Å²) >= 11 is 5.88. The molecule has 0 unspecified atom stereocenters. The van der Waals surface area contributed by atoms with Crippen molar-refractivity contribution >= 4 is 11.6 Å². The highest BCUT2D eigenvalue weighted by molar-refractivity contribution is 6.30. The van der Waals surface area contributed by atoms with Gasteiger partial charge in [-0.3, -0.25) is 9.97 Å². The van der Waals surface area contributed by atoms with Crippen LogP contribution in [0.5, 0.6) is 11.5 Å². The van der Waals surface area contributed by atoms with E-state index in [-0.39, 0.29) is 0 Å². The highest BCUT2D eigenvalue weighted by atomic mass is 35.5. The Bertz CT molecular complexity index is 546. The third kappa shape index (κ3) is 4.19. The maximum atomic E-state index is 5.88. The average molecular weight is 278 g/mol. The molecule has 0 aliphatic rings. The van der Waals surface area contributed by atoms with E-state index in [1.807, 2.05) is 6.07 Å². The maximum Gasteiger partial charge on any atom is 0.150 e. The molecule has 2 aromatic rings. The molecule has 0 aliphatic carbocycles. The SMILES string of the molecule is CC(C)NCc1ccncc1Oc1cncc(Cl)c1. The second kappa shape index (κ2) is 6.50. The fourth-order valence-corrected chi connectivity index (χ4v) is 1.70. The lowest BCUT2D eigenvalue weighted by Gasteiger charge is -2.12. The second-order valence-electron chi connectivity index (χ2n) is 4.46. The molecule has 2 rings (SSSR count). The standard InChI is InChI=1S/C14H16ClN3O/c1-10(2)18-6-11-3-4-16-9-14(11)19-13-5-12(15)7-17-8-13/h3-5,7-10,18H,6H2,1-2H3. The van der Waals surface area contributed by atoms with Crippen molar-refractivity contribution < 1.29 is 4.74 Å². The van der Waals surface area contributed by atoms with Crippen LogP contribution in [0.4, 0.5) is 0 Å². The van der Waals surface area contributed by atoms with Gasteiger partial charge >= 0.3 is 0 Å². The molecule has 0 radical (unpaired) electrons. The van der Waals surface area contributed by atoms with Crippen LogP contribution >= 0.6 is 11.6 Å². The molecule has 2 heterocycles. The fourth-order valence-electron chi connectivity index (χ4n) is 1.54. The highest BCUT2D eigenvalue weighted by Gasteiger charge is 2.06. The summed E-state index contributed by atoms with van der Waals surface area (Å²) < 4.78 is 5.77. The second-order valence-corrected chi connectivity index (χ2v) is 4.90. The van der Waals surface area contributed by atoms with Gasteiger partial charge in [-0.2, -0.15) is 0 Å². The first-order valence-electron chi connectivity index (χ1n) is 6.10. The van der Waals surface area contributed by atoms with E-state index in [1.165, 1.54) is 0 Å². The van der Waals surface area contributed by atoms with Crippen LogP contribution in [0.25, 0.3) is 0 Å². The van der Waals surface area contributed by atoms with Gasteiger partial charge < -0.3 is 10.1 Å². The minimum absolute atomic E-state index is 0.411. The van der Waals surface area contributed by atoms with Crippen molar-refractivity contribution in [2.24, 2.45) is 0 Å². The van der Waals surface area contributed by atoms with E-state index in [0.717, 1.165) is 12.1 Å². The van der Waals surface area contributed by atoms with Gasteiger partial charge in [0.25, 0.3) is 0 Å². The molecule has 100 valence electrons. The van der Waals surface area contributed by atoms with Crippen LogP contribution in [0.3, 0.4) is 0 Å². The summed E-state index contributed by atoms with van der Waals surface area (Å²) in [6, 6.07) is 4.07. The number of ether oxygens (including phenoxy) is 1. The molecule has 2 aromatic heterocycles. The molecule has 4 nitrogen and oxygen atoms in total. The molecule has 0 atom stereocenters. The normalized spacial score (nSPS) is 10.7. The van der Waals surface area contributed by atoms with Gasteiger partial charge in [0, 0.05) is 36.6 Å². The predicted octanol–water partition coefficient (Wildman–Crippen LogP) is 3.42. The van der Waals surface area contributed by atoms with E-state index in [2.05, 4.69) is 29.1 Å². The van der Waals surface area contributed by atoms with Crippen LogP contribution in [-0.2, 0) is 6.54 Å². The van der Waals surface area contributed by atoms with Gasteiger partial charge in [-0.05, 0) is 6.07 Å². The van der Waals surface area contributed by atoms with Gasteiger partial charge in [0.05, 0.1) is 17.4 Å². The van der Waals surface area contributed by atoms with Gasteiger partial charge in [0.15, 0.2) is 0 Å². The number of rotatable bonds is 5. The lowest BCUT2D eigenvalue weighted by molar-refractivity contribution is 0.465. The molecule has 5 heteroatoms. The molecular formula is C14H16ClN3O. The largest absolute Gasteiger partial charge is 0.454 e. The first-order chi connectivity index (χ1) is 9.15. The zero-order chi connectivity index (χ0) is 13.7. The molecule has 0 spiro atoms. The topological polar surface area (TPSA) is 47.0 Å². The lowest BCUT2D eigenvalue weighted by atomic mass is 10.2. The van der Waals surface area contributed by atoms with Crippen LogP contribution in [-0.4, -0.2) is 16.0 Å². The molecule has 0 aromatic carbocycles. The third-order valence-electron chi connectivity index (χ3n) is 2.48. The smallest absolute Gasteiger partial charge is 0.150 e. The summed E-state index contributed by atoms with van der Waals surface area (Å²) in [7, 11) is 0. The maximum absolute atomic E-state index is 5.88. The van der Waals surface area contributed by atoms with Crippen molar-refractivity contribution in [3.63, 3.8) is 0 Å². The Morgan fingerprint density at radius 2 is 2.11 bits per heavy atom. The average Bonchev–Trinajstić information content (AvgIpc) is 2.38. The van der Waals surface area contributed by atoms with Gasteiger partial charge in [-0.1, -0.05) is 25.4 Å². The number of nitrogens with zero attached hydrogens (tertiary/aromatic N) is 2. The Morgan fingerprint density at radius 1 is 1.26 bits per heavy atom. The Kier molecular flexibility index (Phi) is 4.71. The van der Waals surface area contributed by atoms with Gasteiger partial charge in [0.1, 0.15) is 11.5 Å². The zero-order valence-corrected chi connectivity index (χ0v) is 11.7. The molecule has 0 fully saturated rings. The first kappa shape index (κ1) is 13.8.